The molecule has 0 aliphatic rings. The minimum atomic E-state index is -0.539. The van der Waals surface area contributed by atoms with E-state index in [9.17, 15) is 14.4 Å². The summed E-state index contributed by atoms with van der Waals surface area (Å²) < 4.78 is 6.29. The molecule has 3 aromatic carbocycles. The molecule has 7 nitrogen and oxygen atoms in total. The number of methoxy groups -OCH3 is 1. The van der Waals surface area contributed by atoms with Crippen molar-refractivity contribution in [2.75, 3.05) is 18.2 Å². The fourth-order valence-electron chi connectivity index (χ4n) is 3.33. The second-order valence-electron chi connectivity index (χ2n) is 7.26. The predicted octanol–water partition coefficient (Wildman–Crippen LogP) is 4.21. The van der Waals surface area contributed by atoms with Crippen LogP contribution in [0.2, 0.25) is 0 Å². The minimum absolute atomic E-state index is 0.00779. The van der Waals surface area contributed by atoms with Gasteiger partial charge in [-0.05, 0) is 43.3 Å². The van der Waals surface area contributed by atoms with Crippen molar-refractivity contribution in [2.24, 2.45) is 0 Å². The van der Waals surface area contributed by atoms with Crippen LogP contribution in [0, 0.1) is 6.92 Å². The Kier molecular flexibility index (Phi) is 6.55. The molecule has 1 N–H and O–H groups in total. The number of esters is 1. The molecule has 0 unspecified atom stereocenters. The summed E-state index contributed by atoms with van der Waals surface area (Å²) in [5.41, 5.74) is 2.71. The van der Waals surface area contributed by atoms with Crippen molar-refractivity contribution in [3.05, 3.63) is 94.3 Å². The summed E-state index contributed by atoms with van der Waals surface area (Å²) in [5, 5.41) is 3.64. The van der Waals surface area contributed by atoms with Crippen molar-refractivity contribution in [1.29, 1.82) is 0 Å². The van der Waals surface area contributed by atoms with Crippen molar-refractivity contribution in [2.45, 2.75) is 12.1 Å². The number of nitrogens with zero attached hydrogens (tertiary/aromatic N) is 2. The van der Waals surface area contributed by atoms with Crippen LogP contribution >= 0.6 is 11.8 Å². The van der Waals surface area contributed by atoms with Gasteiger partial charge in [-0.15, -0.1) is 0 Å². The largest absolute Gasteiger partial charge is 0.465 e. The number of rotatable bonds is 6. The molecule has 1 heterocycles. The molecule has 1 aromatic heterocycles. The molecule has 166 valence electrons. The Bertz CT molecular complexity index is 1400. The average molecular weight is 460 g/mol. The summed E-state index contributed by atoms with van der Waals surface area (Å²) >= 11 is 1.15. The van der Waals surface area contributed by atoms with Gasteiger partial charge in [0.15, 0.2) is 5.16 Å². The number of carbonyl (C=O) groups excluding carboxylic acids is 2. The highest BCUT2D eigenvalue weighted by Gasteiger charge is 2.17. The molecule has 0 aliphatic carbocycles. The van der Waals surface area contributed by atoms with Crippen LogP contribution in [0.15, 0.2) is 82.7 Å². The number of hydrogen-bond acceptors (Lipinski definition) is 6. The van der Waals surface area contributed by atoms with Crippen LogP contribution < -0.4 is 10.9 Å². The van der Waals surface area contributed by atoms with Crippen molar-refractivity contribution < 1.29 is 14.3 Å². The van der Waals surface area contributed by atoms with Crippen LogP contribution in [0.25, 0.3) is 16.6 Å². The van der Waals surface area contributed by atoms with Crippen molar-refractivity contribution in [3.8, 4) is 5.69 Å². The summed E-state index contributed by atoms with van der Waals surface area (Å²) in [4.78, 5) is 42.6. The molecule has 0 saturated carbocycles. The Balaban J connectivity index is 1.64. The number of carbonyl (C=O) groups is 2. The van der Waals surface area contributed by atoms with Crippen LogP contribution in [0.5, 0.6) is 0 Å². The molecular formula is C25H21N3O4S. The molecule has 8 heteroatoms. The lowest BCUT2D eigenvalue weighted by Crippen LogP contribution is -2.23. The maximum absolute atomic E-state index is 13.3. The van der Waals surface area contributed by atoms with Gasteiger partial charge in [-0.25, -0.2) is 9.78 Å². The zero-order valence-electron chi connectivity index (χ0n) is 18.1. The molecule has 0 fully saturated rings. The zero-order chi connectivity index (χ0) is 23.4. The summed E-state index contributed by atoms with van der Waals surface area (Å²) in [5.74, 6) is -0.885. The lowest BCUT2D eigenvalue weighted by Gasteiger charge is -2.14. The Hall–Kier alpha value is -3.91. The van der Waals surface area contributed by atoms with E-state index < -0.39 is 5.97 Å². The van der Waals surface area contributed by atoms with E-state index in [2.05, 4.69) is 10.3 Å². The smallest absolute Gasteiger partial charge is 0.339 e. The first-order valence-electron chi connectivity index (χ1n) is 10.2. The highest BCUT2D eigenvalue weighted by Crippen LogP contribution is 2.23. The Morgan fingerprint density at radius 2 is 1.70 bits per heavy atom. The Morgan fingerprint density at radius 3 is 2.45 bits per heavy atom. The highest BCUT2D eigenvalue weighted by atomic mass is 32.2. The van der Waals surface area contributed by atoms with Crippen LogP contribution in [0.1, 0.15) is 15.9 Å². The molecule has 4 rings (SSSR count). The molecule has 0 bridgehead atoms. The lowest BCUT2D eigenvalue weighted by atomic mass is 10.2. The molecule has 1 amide bonds. The van der Waals surface area contributed by atoms with Gasteiger partial charge in [0.05, 0.1) is 40.7 Å². The summed E-state index contributed by atoms with van der Waals surface area (Å²) in [6, 6.07) is 21.3. The number of benzene rings is 3. The number of ether oxygens (including phenoxy) is 1. The number of aryl methyl sites for hydroxylation is 1. The second-order valence-corrected chi connectivity index (χ2v) is 8.20. The van der Waals surface area contributed by atoms with Gasteiger partial charge >= 0.3 is 5.97 Å². The number of hydrogen-bond donors (Lipinski definition) is 1. The van der Waals surface area contributed by atoms with Crippen LogP contribution in [0.3, 0.4) is 0 Å². The number of anilines is 1. The first-order chi connectivity index (χ1) is 16.0. The van der Waals surface area contributed by atoms with Crippen LogP contribution in [0.4, 0.5) is 5.69 Å². The van der Waals surface area contributed by atoms with Crippen LogP contribution in [-0.2, 0) is 9.53 Å². The number of amides is 1. The number of fused-ring (bicyclic) bond motifs is 1. The maximum atomic E-state index is 13.3. The highest BCUT2D eigenvalue weighted by molar-refractivity contribution is 7.99. The van der Waals surface area contributed by atoms with Gasteiger partial charge in [0.2, 0.25) is 5.91 Å². The van der Waals surface area contributed by atoms with E-state index in [4.69, 9.17) is 4.74 Å². The summed E-state index contributed by atoms with van der Waals surface area (Å²) in [6.45, 7) is 1.97. The van der Waals surface area contributed by atoms with Gasteiger partial charge in [-0.2, -0.15) is 0 Å². The molecule has 33 heavy (non-hydrogen) atoms. The van der Waals surface area contributed by atoms with E-state index in [0.717, 1.165) is 17.3 Å². The van der Waals surface area contributed by atoms with E-state index >= 15 is 0 Å². The molecule has 0 aliphatic heterocycles. The number of thioether (sulfide) groups is 1. The molecule has 0 saturated heterocycles. The third-order valence-electron chi connectivity index (χ3n) is 4.98. The Labute approximate surface area is 194 Å². The molecule has 0 spiro atoms. The minimum Gasteiger partial charge on any atom is -0.465 e. The topological polar surface area (TPSA) is 90.3 Å². The maximum Gasteiger partial charge on any atom is 0.339 e. The molecular weight excluding hydrogens is 438 g/mol. The first-order valence-corrected chi connectivity index (χ1v) is 11.2. The third kappa shape index (κ3) is 4.80. The third-order valence-corrected chi connectivity index (χ3v) is 5.91. The van der Waals surface area contributed by atoms with Gasteiger partial charge in [-0.3, -0.25) is 14.2 Å². The predicted molar refractivity (Wildman–Crippen MR) is 129 cm³/mol. The molecule has 0 atom stereocenters. The zero-order valence-corrected chi connectivity index (χ0v) is 18.9. The van der Waals surface area contributed by atoms with Gasteiger partial charge in [0, 0.05) is 0 Å². The van der Waals surface area contributed by atoms with Crippen molar-refractivity contribution >= 4 is 40.2 Å². The fraction of sp³-hybridized carbons (Fsp3) is 0.120. The quantitative estimate of drug-likeness (QED) is 0.264. The number of nitrogens with one attached hydrogen (secondary N) is 1. The van der Waals surface area contributed by atoms with Gasteiger partial charge in [0.1, 0.15) is 0 Å². The summed E-state index contributed by atoms with van der Waals surface area (Å²) in [6.07, 6.45) is 0. The van der Waals surface area contributed by atoms with Gasteiger partial charge in [0.25, 0.3) is 5.56 Å². The monoisotopic (exact) mass is 459 g/mol. The summed E-state index contributed by atoms with van der Waals surface area (Å²) in [7, 11) is 1.28. The lowest BCUT2D eigenvalue weighted by molar-refractivity contribution is -0.113. The van der Waals surface area contributed by atoms with E-state index in [1.807, 2.05) is 37.3 Å². The van der Waals surface area contributed by atoms with E-state index in [0.29, 0.717) is 27.4 Å². The van der Waals surface area contributed by atoms with Crippen molar-refractivity contribution in [3.63, 3.8) is 0 Å². The Morgan fingerprint density at radius 1 is 1.00 bits per heavy atom. The van der Waals surface area contributed by atoms with E-state index in [-0.39, 0.29) is 22.8 Å². The van der Waals surface area contributed by atoms with Gasteiger partial charge in [-0.1, -0.05) is 53.7 Å². The van der Waals surface area contributed by atoms with Crippen LogP contribution in [-0.4, -0.2) is 34.3 Å². The average Bonchev–Trinajstić information content (AvgIpc) is 2.83. The number of para-hydroxylation sites is 2. The number of aromatic nitrogens is 2. The second kappa shape index (κ2) is 9.70. The fourth-order valence-corrected chi connectivity index (χ4v) is 4.14. The molecule has 4 aromatic rings. The van der Waals surface area contributed by atoms with E-state index in [1.54, 1.807) is 42.5 Å². The van der Waals surface area contributed by atoms with Crippen molar-refractivity contribution in [1.82, 2.24) is 9.55 Å². The first kappa shape index (κ1) is 22.3. The van der Waals surface area contributed by atoms with Gasteiger partial charge < -0.3 is 10.1 Å². The standard InChI is InChI=1S/C25H21N3O4S/c1-16-11-13-17(14-12-16)28-23(30)18-7-3-5-9-20(18)27-25(28)33-15-22(29)26-21-10-6-4-8-19(21)24(31)32-2/h3-14H,15H2,1-2H3,(H,26,29). The SMILES string of the molecule is COC(=O)c1ccccc1NC(=O)CSc1nc2ccccc2c(=O)n1-c1ccc(C)cc1. The normalized spacial score (nSPS) is 10.7. The van der Waals surface area contributed by atoms with E-state index in [1.165, 1.54) is 11.7 Å². The molecule has 0 radical (unpaired) electrons.